The highest BCUT2D eigenvalue weighted by Gasteiger charge is 2.04. The third kappa shape index (κ3) is 2.69. The van der Waals surface area contributed by atoms with Crippen molar-refractivity contribution < 1.29 is 0 Å². The normalized spacial score (nSPS) is 11.1. The number of rotatable bonds is 5. The van der Waals surface area contributed by atoms with E-state index in [1.807, 2.05) is 0 Å². The fourth-order valence-corrected chi connectivity index (χ4v) is 3.74. The van der Waals surface area contributed by atoms with Crippen LogP contribution in [0, 0.1) is 0 Å². The van der Waals surface area contributed by atoms with E-state index in [2.05, 4.69) is 64.6 Å². The molecular formula is C15H17N3S2. The lowest BCUT2D eigenvalue weighted by molar-refractivity contribution is 0.724. The van der Waals surface area contributed by atoms with Crippen LogP contribution in [0.1, 0.15) is 12.6 Å². The average molecular weight is 303 g/mol. The molecule has 104 valence electrons. The number of hydrogen-bond acceptors (Lipinski definition) is 4. The molecule has 3 aromatic rings. The van der Waals surface area contributed by atoms with Crippen molar-refractivity contribution in [2.24, 2.45) is 0 Å². The van der Waals surface area contributed by atoms with E-state index in [1.54, 1.807) is 23.1 Å². The molecule has 2 heterocycles. The molecule has 0 spiro atoms. The van der Waals surface area contributed by atoms with Gasteiger partial charge in [-0.05, 0) is 43.5 Å². The van der Waals surface area contributed by atoms with Gasteiger partial charge in [-0.2, -0.15) is 0 Å². The molecule has 3 nitrogen and oxygen atoms in total. The monoisotopic (exact) mass is 303 g/mol. The Labute approximate surface area is 127 Å². The molecule has 0 aliphatic rings. The molecule has 0 unspecified atom stereocenters. The summed E-state index contributed by atoms with van der Waals surface area (Å²) in [7, 11) is 0. The van der Waals surface area contributed by atoms with Crippen LogP contribution in [0.25, 0.3) is 10.2 Å². The van der Waals surface area contributed by atoms with Gasteiger partial charge in [0.2, 0.25) is 0 Å². The van der Waals surface area contributed by atoms with E-state index in [9.17, 15) is 0 Å². The Morgan fingerprint density at radius 3 is 3.05 bits per heavy atom. The fourth-order valence-electron chi connectivity index (χ4n) is 2.21. The van der Waals surface area contributed by atoms with Crippen molar-refractivity contribution in [1.82, 2.24) is 9.55 Å². The number of aromatic nitrogens is 2. The lowest BCUT2D eigenvalue weighted by Gasteiger charge is -2.09. The molecule has 0 bridgehead atoms. The zero-order chi connectivity index (χ0) is 13.9. The van der Waals surface area contributed by atoms with E-state index in [4.69, 9.17) is 0 Å². The molecule has 0 radical (unpaired) electrons. The maximum atomic E-state index is 4.56. The summed E-state index contributed by atoms with van der Waals surface area (Å²) >= 11 is 3.45. The molecular weight excluding hydrogens is 286 g/mol. The molecule has 0 aliphatic heterocycles. The van der Waals surface area contributed by atoms with Crippen LogP contribution in [-0.2, 0) is 13.1 Å². The molecule has 1 N–H and O–H groups in total. The Kier molecular flexibility index (Phi) is 3.98. The Hall–Kier alpha value is -1.46. The Morgan fingerprint density at radius 1 is 1.35 bits per heavy atom. The lowest BCUT2D eigenvalue weighted by Crippen LogP contribution is -2.05. The maximum absolute atomic E-state index is 4.56. The van der Waals surface area contributed by atoms with Crippen molar-refractivity contribution in [3.05, 3.63) is 42.2 Å². The Morgan fingerprint density at radius 2 is 2.25 bits per heavy atom. The Bertz CT molecular complexity index is 715. The largest absolute Gasteiger partial charge is 0.379 e. The molecule has 1 aromatic carbocycles. The number of thiazole rings is 1. The molecule has 2 aromatic heterocycles. The van der Waals surface area contributed by atoms with Crippen molar-refractivity contribution in [2.45, 2.75) is 24.4 Å². The van der Waals surface area contributed by atoms with Crippen LogP contribution in [0.2, 0.25) is 0 Å². The third-order valence-corrected chi connectivity index (χ3v) is 5.28. The number of hydrogen-bond donors (Lipinski definition) is 1. The highest BCUT2D eigenvalue weighted by Crippen LogP contribution is 2.30. The maximum Gasteiger partial charge on any atom is 0.150 e. The SMILES string of the molecule is CCn1cccc1CNc1ccc2nc(SC)sc2c1. The van der Waals surface area contributed by atoms with Crippen LogP contribution >= 0.6 is 23.1 Å². The summed E-state index contributed by atoms with van der Waals surface area (Å²) in [5.41, 5.74) is 3.54. The molecule has 0 saturated heterocycles. The predicted molar refractivity (Wildman–Crippen MR) is 88.8 cm³/mol. The number of fused-ring (bicyclic) bond motifs is 1. The van der Waals surface area contributed by atoms with E-state index in [-0.39, 0.29) is 0 Å². The van der Waals surface area contributed by atoms with Gasteiger partial charge in [-0.1, -0.05) is 11.8 Å². The average Bonchev–Trinajstić information content (AvgIpc) is 3.10. The van der Waals surface area contributed by atoms with Crippen LogP contribution in [0.4, 0.5) is 5.69 Å². The number of aryl methyl sites for hydroxylation is 1. The molecule has 0 atom stereocenters. The van der Waals surface area contributed by atoms with E-state index in [0.29, 0.717) is 0 Å². The minimum absolute atomic E-state index is 0.848. The van der Waals surface area contributed by atoms with E-state index < -0.39 is 0 Å². The number of thioether (sulfide) groups is 1. The van der Waals surface area contributed by atoms with Crippen LogP contribution in [0.15, 0.2) is 40.9 Å². The second-order valence-corrected chi connectivity index (χ2v) is 6.59. The summed E-state index contributed by atoms with van der Waals surface area (Å²) < 4.78 is 4.62. The second-order valence-electron chi connectivity index (χ2n) is 4.51. The van der Waals surface area contributed by atoms with Crippen molar-refractivity contribution >= 4 is 39.0 Å². The number of nitrogens with one attached hydrogen (secondary N) is 1. The molecule has 0 amide bonds. The van der Waals surface area contributed by atoms with Gasteiger partial charge in [0.05, 0.1) is 16.8 Å². The van der Waals surface area contributed by atoms with Gasteiger partial charge in [0.15, 0.2) is 4.34 Å². The van der Waals surface area contributed by atoms with Gasteiger partial charge in [0.25, 0.3) is 0 Å². The molecule has 0 fully saturated rings. The molecule has 0 aliphatic carbocycles. The minimum Gasteiger partial charge on any atom is -0.379 e. The quantitative estimate of drug-likeness (QED) is 0.706. The van der Waals surface area contributed by atoms with Gasteiger partial charge in [-0.3, -0.25) is 0 Å². The van der Waals surface area contributed by atoms with Crippen LogP contribution in [0.5, 0.6) is 0 Å². The van der Waals surface area contributed by atoms with Crippen molar-refractivity contribution in [3.8, 4) is 0 Å². The third-order valence-electron chi connectivity index (χ3n) is 3.28. The molecule has 3 rings (SSSR count). The summed E-state index contributed by atoms with van der Waals surface area (Å²) in [6.45, 7) is 4.02. The standard InChI is InChI=1S/C15H17N3S2/c1-3-18-8-4-5-12(18)10-16-11-6-7-13-14(9-11)20-15(17-13)19-2/h4-9,16H,3,10H2,1-2H3. The van der Waals surface area contributed by atoms with Crippen LogP contribution in [0.3, 0.4) is 0 Å². The van der Waals surface area contributed by atoms with Crippen molar-refractivity contribution in [3.63, 3.8) is 0 Å². The van der Waals surface area contributed by atoms with Crippen molar-refractivity contribution in [2.75, 3.05) is 11.6 Å². The topological polar surface area (TPSA) is 29.9 Å². The zero-order valence-corrected chi connectivity index (χ0v) is 13.2. The van der Waals surface area contributed by atoms with Crippen LogP contribution in [-0.4, -0.2) is 15.8 Å². The van der Waals surface area contributed by atoms with Gasteiger partial charge in [0.1, 0.15) is 0 Å². The highest BCUT2D eigenvalue weighted by atomic mass is 32.2. The first kappa shape index (κ1) is 13.5. The van der Waals surface area contributed by atoms with E-state index >= 15 is 0 Å². The van der Waals surface area contributed by atoms with E-state index in [0.717, 1.165) is 28.6 Å². The summed E-state index contributed by atoms with van der Waals surface area (Å²) in [6, 6.07) is 10.6. The van der Waals surface area contributed by atoms with Crippen LogP contribution < -0.4 is 5.32 Å². The minimum atomic E-state index is 0.848. The van der Waals surface area contributed by atoms with Gasteiger partial charge < -0.3 is 9.88 Å². The first-order chi connectivity index (χ1) is 9.80. The zero-order valence-electron chi connectivity index (χ0n) is 11.6. The van der Waals surface area contributed by atoms with Crippen molar-refractivity contribution in [1.29, 1.82) is 0 Å². The predicted octanol–water partition coefficient (Wildman–Crippen LogP) is 4.45. The molecule has 20 heavy (non-hydrogen) atoms. The van der Waals surface area contributed by atoms with Gasteiger partial charge in [-0.25, -0.2) is 4.98 Å². The smallest absolute Gasteiger partial charge is 0.150 e. The second kappa shape index (κ2) is 5.89. The number of anilines is 1. The Balaban J connectivity index is 1.77. The number of nitrogens with zero attached hydrogens (tertiary/aromatic N) is 2. The summed E-state index contributed by atoms with van der Waals surface area (Å²) in [5, 5.41) is 3.49. The lowest BCUT2D eigenvalue weighted by atomic mass is 10.3. The first-order valence-corrected chi connectivity index (χ1v) is 8.66. The summed E-state index contributed by atoms with van der Waals surface area (Å²) in [6.07, 6.45) is 4.18. The summed E-state index contributed by atoms with van der Waals surface area (Å²) in [4.78, 5) is 4.56. The highest BCUT2D eigenvalue weighted by molar-refractivity contribution is 8.00. The van der Waals surface area contributed by atoms with Gasteiger partial charge >= 0.3 is 0 Å². The van der Waals surface area contributed by atoms with E-state index in [1.165, 1.54) is 10.4 Å². The first-order valence-electron chi connectivity index (χ1n) is 6.62. The fraction of sp³-hybridized carbons (Fsp3) is 0.267. The molecule has 0 saturated carbocycles. The molecule has 5 heteroatoms. The summed E-state index contributed by atoms with van der Waals surface area (Å²) in [5.74, 6) is 0. The van der Waals surface area contributed by atoms with Gasteiger partial charge in [0, 0.05) is 24.1 Å². The number of benzene rings is 1. The van der Waals surface area contributed by atoms with Gasteiger partial charge in [-0.15, -0.1) is 11.3 Å².